The fourth-order valence-electron chi connectivity index (χ4n) is 1.56. The van der Waals surface area contributed by atoms with Gasteiger partial charge in [0.2, 0.25) is 0 Å². The summed E-state index contributed by atoms with van der Waals surface area (Å²) < 4.78 is 0. The molecule has 1 aliphatic rings. The van der Waals surface area contributed by atoms with E-state index in [2.05, 4.69) is 60.3 Å². The molecule has 2 nitrogen and oxygen atoms in total. The molecule has 0 aromatic heterocycles. The van der Waals surface area contributed by atoms with Gasteiger partial charge in [0.1, 0.15) is 0 Å². The van der Waals surface area contributed by atoms with Crippen LogP contribution in [0, 0.1) is 0 Å². The Morgan fingerprint density at radius 2 is 1.79 bits per heavy atom. The van der Waals surface area contributed by atoms with Gasteiger partial charge in [-0.2, -0.15) is 0 Å². The van der Waals surface area contributed by atoms with Gasteiger partial charge in [0.25, 0.3) is 0 Å². The Morgan fingerprint density at radius 3 is 2.36 bits per heavy atom. The molecule has 1 aromatic rings. The molecule has 0 amide bonds. The Kier molecular flexibility index (Phi) is 2.44. The van der Waals surface area contributed by atoms with Gasteiger partial charge in [-0.25, -0.2) is 0 Å². The predicted octanol–water partition coefficient (Wildman–Crippen LogP) is 2.65. The van der Waals surface area contributed by atoms with Crippen molar-refractivity contribution in [3.05, 3.63) is 42.7 Å². The maximum absolute atomic E-state index is 2.31. The Hall–Kier alpha value is -1.44. The van der Waals surface area contributed by atoms with Crippen molar-refractivity contribution in [2.24, 2.45) is 0 Å². The number of hydrogen-bond donors (Lipinski definition) is 0. The van der Waals surface area contributed by atoms with Crippen molar-refractivity contribution < 1.29 is 0 Å². The average Bonchev–Trinajstić information content (AvgIpc) is 2.68. The van der Waals surface area contributed by atoms with Gasteiger partial charge in [0.05, 0.1) is 6.67 Å². The second-order valence-corrected chi connectivity index (χ2v) is 3.85. The minimum absolute atomic E-state index is 0.569. The molecular weight excluding hydrogens is 172 g/mol. The topological polar surface area (TPSA) is 6.48 Å². The summed E-state index contributed by atoms with van der Waals surface area (Å²) in [7, 11) is 0. The first-order valence-corrected chi connectivity index (χ1v) is 5.03. The van der Waals surface area contributed by atoms with E-state index in [1.54, 1.807) is 0 Å². The van der Waals surface area contributed by atoms with Crippen molar-refractivity contribution in [3.8, 4) is 0 Å². The summed E-state index contributed by atoms with van der Waals surface area (Å²) in [6, 6.07) is 11.0. The minimum atomic E-state index is 0.569. The molecule has 1 aromatic carbocycles. The Labute approximate surface area is 85.4 Å². The van der Waals surface area contributed by atoms with Crippen molar-refractivity contribution in [2.75, 3.05) is 11.6 Å². The smallest absolute Gasteiger partial charge is 0.0944 e. The maximum atomic E-state index is 2.31. The molecule has 0 unspecified atom stereocenters. The van der Waals surface area contributed by atoms with Crippen molar-refractivity contribution in [1.82, 2.24) is 4.90 Å². The van der Waals surface area contributed by atoms with E-state index in [4.69, 9.17) is 0 Å². The Bertz CT molecular complexity index is 316. The quantitative estimate of drug-likeness (QED) is 0.704. The van der Waals surface area contributed by atoms with Gasteiger partial charge in [-0.15, -0.1) is 0 Å². The van der Waals surface area contributed by atoms with Gasteiger partial charge >= 0.3 is 0 Å². The number of rotatable bonds is 2. The van der Waals surface area contributed by atoms with E-state index in [0.29, 0.717) is 6.04 Å². The highest BCUT2D eigenvalue weighted by Crippen LogP contribution is 2.19. The van der Waals surface area contributed by atoms with Gasteiger partial charge < -0.3 is 9.80 Å². The van der Waals surface area contributed by atoms with Crippen LogP contribution < -0.4 is 4.90 Å². The SMILES string of the molecule is CC(C)N1C=CN(c2ccccc2)C1. The van der Waals surface area contributed by atoms with E-state index in [-0.39, 0.29) is 0 Å². The zero-order valence-corrected chi connectivity index (χ0v) is 8.72. The molecule has 0 aliphatic carbocycles. The zero-order chi connectivity index (χ0) is 9.97. The van der Waals surface area contributed by atoms with Crippen LogP contribution in [0.5, 0.6) is 0 Å². The lowest BCUT2D eigenvalue weighted by Gasteiger charge is -2.24. The first kappa shape index (κ1) is 9.13. The molecule has 1 aliphatic heterocycles. The fraction of sp³-hybridized carbons (Fsp3) is 0.333. The second-order valence-electron chi connectivity index (χ2n) is 3.85. The fourth-order valence-corrected chi connectivity index (χ4v) is 1.56. The van der Waals surface area contributed by atoms with Gasteiger partial charge in [-0.3, -0.25) is 0 Å². The number of nitrogens with zero attached hydrogens (tertiary/aromatic N) is 2. The summed E-state index contributed by atoms with van der Waals surface area (Å²) in [4.78, 5) is 4.56. The van der Waals surface area contributed by atoms with Crippen molar-refractivity contribution >= 4 is 5.69 Å². The molecule has 14 heavy (non-hydrogen) atoms. The lowest BCUT2D eigenvalue weighted by atomic mass is 10.3. The third-order valence-electron chi connectivity index (χ3n) is 2.50. The lowest BCUT2D eigenvalue weighted by Crippen LogP contribution is -2.29. The standard InChI is InChI=1S/C12H16N2/c1-11(2)13-8-9-14(10-13)12-6-4-3-5-7-12/h3-9,11H,10H2,1-2H3. The van der Waals surface area contributed by atoms with Crippen LogP contribution in [-0.2, 0) is 0 Å². The van der Waals surface area contributed by atoms with E-state index in [9.17, 15) is 0 Å². The van der Waals surface area contributed by atoms with E-state index in [0.717, 1.165) is 6.67 Å². The largest absolute Gasteiger partial charge is 0.356 e. The highest BCUT2D eigenvalue weighted by atomic mass is 15.3. The summed E-state index contributed by atoms with van der Waals surface area (Å²) in [6.45, 7) is 5.37. The van der Waals surface area contributed by atoms with E-state index >= 15 is 0 Å². The van der Waals surface area contributed by atoms with E-state index < -0.39 is 0 Å². The normalized spacial score (nSPS) is 15.6. The first-order chi connectivity index (χ1) is 6.77. The molecule has 0 fully saturated rings. The molecule has 0 atom stereocenters. The van der Waals surface area contributed by atoms with Crippen molar-refractivity contribution in [2.45, 2.75) is 19.9 Å². The molecule has 2 heteroatoms. The molecule has 0 bridgehead atoms. The number of para-hydroxylation sites is 1. The van der Waals surface area contributed by atoms with Gasteiger partial charge in [0, 0.05) is 24.1 Å². The maximum Gasteiger partial charge on any atom is 0.0944 e. The number of anilines is 1. The van der Waals surface area contributed by atoms with Crippen LogP contribution in [0.1, 0.15) is 13.8 Å². The van der Waals surface area contributed by atoms with Crippen LogP contribution in [0.3, 0.4) is 0 Å². The molecule has 0 spiro atoms. The first-order valence-electron chi connectivity index (χ1n) is 5.03. The summed E-state index contributed by atoms with van der Waals surface area (Å²) >= 11 is 0. The molecule has 1 heterocycles. The van der Waals surface area contributed by atoms with Gasteiger partial charge in [0.15, 0.2) is 0 Å². The number of benzene rings is 1. The third-order valence-corrected chi connectivity index (χ3v) is 2.50. The van der Waals surface area contributed by atoms with E-state index in [1.807, 2.05) is 6.07 Å². The average molecular weight is 188 g/mol. The second kappa shape index (κ2) is 3.74. The summed E-state index contributed by atoms with van der Waals surface area (Å²) in [5.74, 6) is 0. The molecule has 0 saturated carbocycles. The summed E-state index contributed by atoms with van der Waals surface area (Å²) in [5.41, 5.74) is 1.26. The van der Waals surface area contributed by atoms with Crippen LogP contribution in [-0.4, -0.2) is 17.6 Å². The summed E-state index contributed by atoms with van der Waals surface area (Å²) in [5, 5.41) is 0. The van der Waals surface area contributed by atoms with Gasteiger partial charge in [-0.05, 0) is 26.0 Å². The molecule has 0 N–H and O–H groups in total. The monoisotopic (exact) mass is 188 g/mol. The van der Waals surface area contributed by atoms with E-state index in [1.165, 1.54) is 5.69 Å². The third kappa shape index (κ3) is 1.74. The molecular formula is C12H16N2. The molecule has 0 radical (unpaired) electrons. The highest BCUT2D eigenvalue weighted by Gasteiger charge is 2.15. The molecule has 2 rings (SSSR count). The molecule has 74 valence electrons. The minimum Gasteiger partial charge on any atom is -0.356 e. The van der Waals surface area contributed by atoms with Crippen LogP contribution in [0.4, 0.5) is 5.69 Å². The molecule has 0 saturated heterocycles. The zero-order valence-electron chi connectivity index (χ0n) is 8.72. The van der Waals surface area contributed by atoms with Crippen molar-refractivity contribution in [1.29, 1.82) is 0 Å². The summed E-state index contributed by atoms with van der Waals surface area (Å²) in [6.07, 6.45) is 4.28. The van der Waals surface area contributed by atoms with Crippen LogP contribution >= 0.6 is 0 Å². The lowest BCUT2D eigenvalue weighted by molar-refractivity contribution is 0.336. The predicted molar refractivity (Wildman–Crippen MR) is 59.9 cm³/mol. The Balaban J connectivity index is 2.08. The van der Waals surface area contributed by atoms with Crippen LogP contribution in [0.2, 0.25) is 0 Å². The van der Waals surface area contributed by atoms with Crippen molar-refractivity contribution in [3.63, 3.8) is 0 Å². The highest BCUT2D eigenvalue weighted by molar-refractivity contribution is 5.49. The van der Waals surface area contributed by atoms with Crippen LogP contribution in [0.25, 0.3) is 0 Å². The number of hydrogen-bond acceptors (Lipinski definition) is 2. The van der Waals surface area contributed by atoms with Gasteiger partial charge in [-0.1, -0.05) is 18.2 Å². The van der Waals surface area contributed by atoms with Crippen LogP contribution in [0.15, 0.2) is 42.7 Å². The Morgan fingerprint density at radius 1 is 1.07 bits per heavy atom.